The number of rotatable bonds is 4. The van der Waals surface area contributed by atoms with Gasteiger partial charge in [0.25, 0.3) is 5.91 Å². The number of nitrogens with two attached hydrogens (primary N) is 1. The first-order chi connectivity index (χ1) is 5.59. The summed E-state index contributed by atoms with van der Waals surface area (Å²) in [7, 11) is 0. The maximum absolute atomic E-state index is 11.3. The minimum absolute atomic E-state index is 0.216. The second-order valence-corrected chi connectivity index (χ2v) is 3.42. The van der Waals surface area contributed by atoms with E-state index in [2.05, 4.69) is 5.48 Å². The zero-order valence-electron chi connectivity index (χ0n) is 7.59. The molecule has 0 bridgehead atoms. The molecule has 3 N–H and O–H groups in total. The minimum atomic E-state index is -0.755. The van der Waals surface area contributed by atoms with Crippen LogP contribution in [0.1, 0.15) is 26.7 Å². The Kier molecular flexibility index (Phi) is 2.69. The number of hydroxylamine groups is 1. The molecule has 0 aromatic rings. The number of nitrogens with one attached hydrogen (secondary N) is 1. The van der Waals surface area contributed by atoms with Crippen LogP contribution in [0.25, 0.3) is 0 Å². The van der Waals surface area contributed by atoms with Crippen molar-refractivity contribution in [2.75, 3.05) is 6.61 Å². The predicted octanol–water partition coefficient (Wildman–Crippen LogP) is 0.181. The molecule has 1 rings (SSSR count). The average molecular weight is 172 g/mol. The summed E-state index contributed by atoms with van der Waals surface area (Å²) in [5, 5.41) is 0. The Bertz CT molecular complexity index is 176. The second-order valence-electron chi connectivity index (χ2n) is 3.42. The van der Waals surface area contributed by atoms with Crippen LogP contribution in [0.3, 0.4) is 0 Å². The van der Waals surface area contributed by atoms with Crippen LogP contribution >= 0.6 is 0 Å². The van der Waals surface area contributed by atoms with E-state index in [0.717, 1.165) is 12.8 Å². The van der Waals surface area contributed by atoms with Crippen molar-refractivity contribution < 1.29 is 9.63 Å². The SMILES string of the molecule is CCONC(=O)C(C)(N)C1CC1. The van der Waals surface area contributed by atoms with Gasteiger partial charge in [0.1, 0.15) is 0 Å². The van der Waals surface area contributed by atoms with Gasteiger partial charge in [0.2, 0.25) is 0 Å². The van der Waals surface area contributed by atoms with E-state index in [1.54, 1.807) is 6.92 Å². The van der Waals surface area contributed by atoms with Crippen LogP contribution in [-0.4, -0.2) is 18.1 Å². The second kappa shape index (κ2) is 3.41. The normalized spacial score (nSPS) is 21.6. The van der Waals surface area contributed by atoms with E-state index in [1.807, 2.05) is 6.92 Å². The van der Waals surface area contributed by atoms with Gasteiger partial charge in [0.05, 0.1) is 12.1 Å². The Morgan fingerprint density at radius 2 is 2.33 bits per heavy atom. The largest absolute Gasteiger partial charge is 0.317 e. The van der Waals surface area contributed by atoms with Crippen LogP contribution in [0, 0.1) is 5.92 Å². The summed E-state index contributed by atoms with van der Waals surface area (Å²) < 4.78 is 0. The van der Waals surface area contributed by atoms with Gasteiger partial charge in [0, 0.05) is 0 Å². The number of carbonyl (C=O) groups is 1. The topological polar surface area (TPSA) is 64.3 Å². The van der Waals surface area contributed by atoms with Crippen molar-refractivity contribution in [3.05, 3.63) is 0 Å². The molecule has 4 nitrogen and oxygen atoms in total. The van der Waals surface area contributed by atoms with E-state index in [1.165, 1.54) is 0 Å². The highest BCUT2D eigenvalue weighted by atomic mass is 16.6. The quantitative estimate of drug-likeness (QED) is 0.595. The molecule has 0 saturated heterocycles. The summed E-state index contributed by atoms with van der Waals surface area (Å²) in [5.41, 5.74) is 7.39. The van der Waals surface area contributed by atoms with Crippen LogP contribution in [0.5, 0.6) is 0 Å². The third-order valence-corrected chi connectivity index (χ3v) is 2.22. The van der Waals surface area contributed by atoms with Gasteiger partial charge in [-0.05, 0) is 32.6 Å². The van der Waals surface area contributed by atoms with E-state index in [9.17, 15) is 4.79 Å². The molecule has 70 valence electrons. The summed E-state index contributed by atoms with van der Waals surface area (Å²) in [6.45, 7) is 4.02. The molecule has 4 heteroatoms. The van der Waals surface area contributed by atoms with Crippen LogP contribution in [-0.2, 0) is 9.63 Å². The highest BCUT2D eigenvalue weighted by Crippen LogP contribution is 2.37. The lowest BCUT2D eigenvalue weighted by molar-refractivity contribution is -0.139. The fourth-order valence-electron chi connectivity index (χ4n) is 1.12. The average Bonchev–Trinajstić information content (AvgIpc) is 2.81. The fourth-order valence-corrected chi connectivity index (χ4v) is 1.12. The molecule has 12 heavy (non-hydrogen) atoms. The van der Waals surface area contributed by atoms with Crippen molar-refractivity contribution in [1.29, 1.82) is 0 Å². The standard InChI is InChI=1S/C8H16N2O2/c1-3-12-10-7(11)8(2,9)6-4-5-6/h6H,3-5,9H2,1-2H3,(H,10,11). The zero-order chi connectivity index (χ0) is 9.19. The number of amides is 1. The monoisotopic (exact) mass is 172 g/mol. The summed E-state index contributed by atoms with van der Waals surface area (Å²) >= 11 is 0. The smallest absolute Gasteiger partial charge is 0.263 e. The third kappa shape index (κ3) is 1.95. The van der Waals surface area contributed by atoms with Gasteiger partial charge in [-0.15, -0.1) is 0 Å². The van der Waals surface area contributed by atoms with Crippen LogP contribution in [0.2, 0.25) is 0 Å². The Hall–Kier alpha value is -0.610. The van der Waals surface area contributed by atoms with E-state index >= 15 is 0 Å². The van der Waals surface area contributed by atoms with Crippen molar-refractivity contribution in [1.82, 2.24) is 5.48 Å². The first kappa shape index (κ1) is 9.48. The van der Waals surface area contributed by atoms with Crippen LogP contribution in [0.15, 0.2) is 0 Å². The van der Waals surface area contributed by atoms with Gasteiger partial charge < -0.3 is 5.73 Å². The summed E-state index contributed by atoms with van der Waals surface area (Å²) in [6.07, 6.45) is 2.10. The maximum atomic E-state index is 11.3. The molecule has 0 radical (unpaired) electrons. The zero-order valence-corrected chi connectivity index (χ0v) is 7.59. The summed E-state index contributed by atoms with van der Waals surface area (Å²) in [4.78, 5) is 16.1. The van der Waals surface area contributed by atoms with E-state index < -0.39 is 5.54 Å². The Labute approximate surface area is 72.4 Å². The van der Waals surface area contributed by atoms with Crippen molar-refractivity contribution in [3.8, 4) is 0 Å². The molecule has 1 atom stereocenters. The number of hydrogen-bond acceptors (Lipinski definition) is 3. The molecule has 0 aromatic heterocycles. The van der Waals surface area contributed by atoms with E-state index in [-0.39, 0.29) is 5.91 Å². The summed E-state index contributed by atoms with van der Waals surface area (Å²) in [6, 6.07) is 0. The van der Waals surface area contributed by atoms with Gasteiger partial charge in [-0.25, -0.2) is 5.48 Å². The van der Waals surface area contributed by atoms with Crippen LogP contribution in [0.4, 0.5) is 0 Å². The summed E-state index contributed by atoms with van der Waals surface area (Å²) in [5.74, 6) is 0.116. The molecule has 1 saturated carbocycles. The molecule has 0 heterocycles. The first-order valence-corrected chi connectivity index (χ1v) is 4.30. The Morgan fingerprint density at radius 3 is 2.75 bits per heavy atom. The molecule has 1 unspecified atom stereocenters. The molecule has 0 aliphatic heterocycles. The highest BCUT2D eigenvalue weighted by molar-refractivity contribution is 5.85. The molecule has 0 aromatic carbocycles. The predicted molar refractivity (Wildman–Crippen MR) is 45.1 cm³/mol. The Morgan fingerprint density at radius 1 is 1.75 bits per heavy atom. The number of hydrogen-bond donors (Lipinski definition) is 2. The Balaban J connectivity index is 2.38. The third-order valence-electron chi connectivity index (χ3n) is 2.22. The van der Waals surface area contributed by atoms with E-state index in [4.69, 9.17) is 10.6 Å². The van der Waals surface area contributed by atoms with Crippen molar-refractivity contribution in [2.24, 2.45) is 11.7 Å². The maximum Gasteiger partial charge on any atom is 0.263 e. The van der Waals surface area contributed by atoms with E-state index in [0.29, 0.717) is 12.5 Å². The lowest BCUT2D eigenvalue weighted by Gasteiger charge is -2.22. The molecule has 1 fully saturated rings. The van der Waals surface area contributed by atoms with Gasteiger partial charge in [-0.3, -0.25) is 9.63 Å². The van der Waals surface area contributed by atoms with Crippen molar-refractivity contribution in [3.63, 3.8) is 0 Å². The lowest BCUT2D eigenvalue weighted by atomic mass is 9.97. The number of carbonyl (C=O) groups excluding carboxylic acids is 1. The molecule has 1 aliphatic carbocycles. The minimum Gasteiger partial charge on any atom is -0.317 e. The molecule has 1 amide bonds. The highest BCUT2D eigenvalue weighted by Gasteiger charge is 2.44. The van der Waals surface area contributed by atoms with Gasteiger partial charge in [-0.2, -0.15) is 0 Å². The van der Waals surface area contributed by atoms with Crippen LogP contribution < -0.4 is 11.2 Å². The van der Waals surface area contributed by atoms with Crippen molar-refractivity contribution in [2.45, 2.75) is 32.2 Å². The van der Waals surface area contributed by atoms with Crippen molar-refractivity contribution >= 4 is 5.91 Å². The van der Waals surface area contributed by atoms with Gasteiger partial charge >= 0.3 is 0 Å². The molecular formula is C8H16N2O2. The fraction of sp³-hybridized carbons (Fsp3) is 0.875. The lowest BCUT2D eigenvalue weighted by Crippen LogP contribution is -2.53. The molecule has 0 spiro atoms. The first-order valence-electron chi connectivity index (χ1n) is 4.30. The molecule has 1 aliphatic rings. The van der Waals surface area contributed by atoms with Gasteiger partial charge in [-0.1, -0.05) is 0 Å². The molecular weight excluding hydrogens is 156 g/mol. The van der Waals surface area contributed by atoms with Gasteiger partial charge in [0.15, 0.2) is 0 Å².